The summed E-state index contributed by atoms with van der Waals surface area (Å²) in [5.74, 6) is 1.39. The minimum absolute atomic E-state index is 0.166. The van der Waals surface area contributed by atoms with Crippen molar-refractivity contribution in [3.63, 3.8) is 0 Å². The number of thiazole rings is 1. The summed E-state index contributed by atoms with van der Waals surface area (Å²) in [6, 6.07) is 0. The van der Waals surface area contributed by atoms with E-state index in [0.29, 0.717) is 18.6 Å². The molecule has 2 rings (SSSR count). The molecule has 2 N–H and O–H groups in total. The van der Waals surface area contributed by atoms with E-state index in [1.165, 1.54) is 11.3 Å². The Hall–Kier alpha value is -1.14. The maximum atomic E-state index is 6.08. The molecule has 0 amide bonds. The van der Waals surface area contributed by atoms with E-state index in [4.69, 9.17) is 9.73 Å². The first-order valence-corrected chi connectivity index (χ1v) is 10.3. The van der Waals surface area contributed by atoms with E-state index in [2.05, 4.69) is 50.2 Å². The zero-order valence-electron chi connectivity index (χ0n) is 16.4. The Bertz CT molecular complexity index is 550. The Balaban J connectivity index is 1.94. The van der Waals surface area contributed by atoms with Crippen LogP contribution in [0.4, 0.5) is 0 Å². The molecule has 1 aromatic rings. The lowest BCUT2D eigenvalue weighted by Gasteiger charge is -2.40. The summed E-state index contributed by atoms with van der Waals surface area (Å²) < 4.78 is 6.08. The maximum Gasteiger partial charge on any atom is 0.191 e. The molecule has 0 spiro atoms. The quantitative estimate of drug-likeness (QED) is 0.596. The summed E-state index contributed by atoms with van der Waals surface area (Å²) in [6.45, 7) is 14.3. The molecule has 142 valence electrons. The van der Waals surface area contributed by atoms with Crippen LogP contribution in [0, 0.1) is 11.3 Å². The second-order valence-corrected chi connectivity index (χ2v) is 8.91. The van der Waals surface area contributed by atoms with Crippen LogP contribution in [0.15, 0.2) is 11.2 Å². The van der Waals surface area contributed by atoms with Crippen molar-refractivity contribution in [2.24, 2.45) is 16.3 Å². The number of rotatable bonds is 6. The van der Waals surface area contributed by atoms with Crippen molar-refractivity contribution in [3.8, 4) is 0 Å². The monoisotopic (exact) mass is 366 g/mol. The highest BCUT2D eigenvalue weighted by Gasteiger charge is 2.35. The molecule has 1 fully saturated rings. The SMILES string of the molecule is CCNC(=NCc1ncc(CC)s1)NCC1CCCOC1C(C)(C)C. The Morgan fingerprint density at radius 1 is 1.36 bits per heavy atom. The molecule has 5 nitrogen and oxygen atoms in total. The van der Waals surface area contributed by atoms with Gasteiger partial charge < -0.3 is 15.4 Å². The van der Waals surface area contributed by atoms with Gasteiger partial charge in [-0.15, -0.1) is 11.3 Å². The van der Waals surface area contributed by atoms with Crippen molar-refractivity contribution in [2.45, 2.75) is 66.5 Å². The predicted octanol–water partition coefficient (Wildman–Crippen LogP) is 3.60. The number of aliphatic imine (C=N–C) groups is 1. The molecule has 0 aliphatic carbocycles. The fourth-order valence-electron chi connectivity index (χ4n) is 3.31. The highest BCUT2D eigenvalue weighted by molar-refractivity contribution is 7.11. The summed E-state index contributed by atoms with van der Waals surface area (Å²) >= 11 is 1.75. The Kier molecular flexibility index (Phi) is 7.69. The molecule has 6 heteroatoms. The van der Waals surface area contributed by atoms with Crippen LogP contribution in [0.1, 0.15) is 57.3 Å². The number of aryl methyl sites for hydroxylation is 1. The molecule has 25 heavy (non-hydrogen) atoms. The summed E-state index contributed by atoms with van der Waals surface area (Å²) in [5, 5.41) is 7.93. The fraction of sp³-hybridized carbons (Fsp3) is 0.789. The number of nitrogens with one attached hydrogen (secondary N) is 2. The molecule has 2 heterocycles. The molecule has 0 bridgehead atoms. The first-order valence-electron chi connectivity index (χ1n) is 9.51. The van der Waals surface area contributed by atoms with Crippen molar-refractivity contribution in [1.82, 2.24) is 15.6 Å². The highest BCUT2D eigenvalue weighted by Crippen LogP contribution is 2.33. The third-order valence-corrected chi connectivity index (χ3v) is 5.62. The molecule has 1 saturated heterocycles. The molecule has 2 unspecified atom stereocenters. The van der Waals surface area contributed by atoms with Gasteiger partial charge in [0.25, 0.3) is 0 Å². The highest BCUT2D eigenvalue weighted by atomic mass is 32.1. The van der Waals surface area contributed by atoms with E-state index in [9.17, 15) is 0 Å². The summed E-state index contributed by atoms with van der Waals surface area (Å²) in [4.78, 5) is 10.5. The van der Waals surface area contributed by atoms with Crippen LogP contribution in [0.5, 0.6) is 0 Å². The molecule has 1 aliphatic rings. The first-order chi connectivity index (χ1) is 11.9. The standard InChI is InChI=1S/C19H34N4OS/c1-6-15-12-21-16(25-15)13-23-18(20-7-2)22-11-14-9-8-10-24-17(14)19(3,4)5/h12,14,17H,6-11,13H2,1-5H3,(H2,20,22,23). The van der Waals surface area contributed by atoms with E-state index < -0.39 is 0 Å². The lowest BCUT2D eigenvalue weighted by Crippen LogP contribution is -2.47. The van der Waals surface area contributed by atoms with Gasteiger partial charge in [0, 0.05) is 36.7 Å². The van der Waals surface area contributed by atoms with Crippen LogP contribution in [0.3, 0.4) is 0 Å². The van der Waals surface area contributed by atoms with Gasteiger partial charge in [0.1, 0.15) is 5.01 Å². The number of hydrogen-bond acceptors (Lipinski definition) is 4. The second-order valence-electron chi connectivity index (χ2n) is 7.71. The van der Waals surface area contributed by atoms with Crippen LogP contribution in [0.2, 0.25) is 0 Å². The van der Waals surface area contributed by atoms with Crippen molar-refractivity contribution in [1.29, 1.82) is 0 Å². The van der Waals surface area contributed by atoms with Crippen molar-refractivity contribution >= 4 is 17.3 Å². The van der Waals surface area contributed by atoms with Gasteiger partial charge >= 0.3 is 0 Å². The van der Waals surface area contributed by atoms with Crippen LogP contribution in [-0.2, 0) is 17.7 Å². The number of aromatic nitrogens is 1. The van der Waals surface area contributed by atoms with Crippen LogP contribution in [0.25, 0.3) is 0 Å². The maximum absolute atomic E-state index is 6.08. The van der Waals surface area contributed by atoms with Gasteiger partial charge in [-0.3, -0.25) is 0 Å². The van der Waals surface area contributed by atoms with Crippen molar-refractivity contribution < 1.29 is 4.74 Å². The topological polar surface area (TPSA) is 58.5 Å². The number of ether oxygens (including phenoxy) is 1. The van der Waals surface area contributed by atoms with Gasteiger partial charge in [-0.25, -0.2) is 9.98 Å². The average molecular weight is 367 g/mol. The molecular weight excluding hydrogens is 332 g/mol. The predicted molar refractivity (Wildman–Crippen MR) is 106 cm³/mol. The molecular formula is C19H34N4OS. The molecule has 2 atom stereocenters. The third-order valence-electron chi connectivity index (χ3n) is 4.50. The Labute approximate surface area is 156 Å². The smallest absolute Gasteiger partial charge is 0.191 e. The van der Waals surface area contributed by atoms with E-state index in [1.54, 1.807) is 11.3 Å². The number of nitrogens with zero attached hydrogens (tertiary/aromatic N) is 2. The second kappa shape index (κ2) is 9.53. The van der Waals surface area contributed by atoms with Gasteiger partial charge in [-0.05, 0) is 31.6 Å². The van der Waals surface area contributed by atoms with E-state index >= 15 is 0 Å². The van der Waals surface area contributed by atoms with Crippen LogP contribution >= 0.6 is 11.3 Å². The minimum Gasteiger partial charge on any atom is -0.377 e. The van der Waals surface area contributed by atoms with Gasteiger partial charge in [0.05, 0.1) is 12.6 Å². The zero-order valence-corrected chi connectivity index (χ0v) is 17.2. The summed E-state index contributed by atoms with van der Waals surface area (Å²) in [6.07, 6.45) is 5.65. The van der Waals surface area contributed by atoms with E-state index in [0.717, 1.165) is 43.5 Å². The van der Waals surface area contributed by atoms with E-state index in [-0.39, 0.29) is 5.41 Å². The number of guanidine groups is 1. The van der Waals surface area contributed by atoms with Crippen molar-refractivity contribution in [3.05, 3.63) is 16.1 Å². The van der Waals surface area contributed by atoms with Crippen LogP contribution in [-0.4, -0.2) is 36.7 Å². The summed E-state index contributed by atoms with van der Waals surface area (Å²) in [7, 11) is 0. The van der Waals surface area contributed by atoms with E-state index in [1.807, 2.05) is 6.20 Å². The first kappa shape index (κ1) is 20.2. The summed E-state index contributed by atoms with van der Waals surface area (Å²) in [5.41, 5.74) is 0.166. The van der Waals surface area contributed by atoms with Gasteiger partial charge in [-0.2, -0.15) is 0 Å². The van der Waals surface area contributed by atoms with Crippen LogP contribution < -0.4 is 10.6 Å². The molecule has 0 aromatic carbocycles. The number of hydrogen-bond donors (Lipinski definition) is 2. The molecule has 0 saturated carbocycles. The lowest BCUT2D eigenvalue weighted by molar-refractivity contribution is -0.0835. The Morgan fingerprint density at radius 2 is 2.16 bits per heavy atom. The largest absolute Gasteiger partial charge is 0.377 e. The molecule has 1 aliphatic heterocycles. The molecule has 1 aromatic heterocycles. The average Bonchev–Trinajstić information content (AvgIpc) is 3.05. The minimum atomic E-state index is 0.166. The fourth-order valence-corrected chi connectivity index (χ4v) is 4.10. The normalized spacial score (nSPS) is 22.0. The lowest BCUT2D eigenvalue weighted by atomic mass is 9.78. The third kappa shape index (κ3) is 6.26. The Morgan fingerprint density at radius 3 is 2.80 bits per heavy atom. The zero-order chi connectivity index (χ0) is 18.3. The van der Waals surface area contributed by atoms with Gasteiger partial charge in [-0.1, -0.05) is 27.7 Å². The molecule has 0 radical (unpaired) electrons. The van der Waals surface area contributed by atoms with Crippen molar-refractivity contribution in [2.75, 3.05) is 19.7 Å². The van der Waals surface area contributed by atoms with Gasteiger partial charge in [0.2, 0.25) is 0 Å². The van der Waals surface area contributed by atoms with Gasteiger partial charge in [0.15, 0.2) is 5.96 Å².